The van der Waals surface area contributed by atoms with Gasteiger partial charge in [0.25, 0.3) is 0 Å². The summed E-state index contributed by atoms with van der Waals surface area (Å²) in [5, 5.41) is 7.46. The lowest BCUT2D eigenvalue weighted by molar-refractivity contribution is -0.121. The van der Waals surface area contributed by atoms with Crippen LogP contribution in [0.2, 0.25) is 0 Å². The number of aromatic nitrogens is 2. The zero-order valence-corrected chi connectivity index (χ0v) is 11.2. The molecule has 1 aromatic rings. The molecular weight excluding hydrogens is 228 g/mol. The molecule has 3 N–H and O–H groups in total. The van der Waals surface area contributed by atoms with Gasteiger partial charge in [0.2, 0.25) is 5.91 Å². The fraction of sp³-hybridized carbons (Fsp3) is 0.692. The van der Waals surface area contributed by atoms with Gasteiger partial charge in [-0.15, -0.1) is 0 Å². The average molecular weight is 250 g/mol. The van der Waals surface area contributed by atoms with E-state index in [4.69, 9.17) is 5.73 Å². The van der Waals surface area contributed by atoms with Gasteiger partial charge in [-0.25, -0.2) is 0 Å². The van der Waals surface area contributed by atoms with E-state index >= 15 is 0 Å². The highest BCUT2D eigenvalue weighted by atomic mass is 16.1. The number of nitrogens with two attached hydrogens (primary N) is 1. The Bertz CT molecular complexity index is 434. The van der Waals surface area contributed by atoms with Crippen LogP contribution < -0.4 is 11.1 Å². The zero-order chi connectivity index (χ0) is 13.1. The maximum absolute atomic E-state index is 11.6. The third kappa shape index (κ3) is 2.83. The second-order valence-electron chi connectivity index (χ2n) is 4.83. The quantitative estimate of drug-likeness (QED) is 0.798. The number of carbonyl (C=O) groups excluding carboxylic acids is 1. The molecule has 5 nitrogen and oxygen atoms in total. The molecule has 1 aliphatic carbocycles. The average Bonchev–Trinajstić information content (AvgIpc) is 3.10. The van der Waals surface area contributed by atoms with E-state index in [9.17, 15) is 4.79 Å². The van der Waals surface area contributed by atoms with Crippen LogP contribution in [-0.4, -0.2) is 21.7 Å². The predicted molar refractivity (Wildman–Crippen MR) is 71.2 cm³/mol. The van der Waals surface area contributed by atoms with Gasteiger partial charge in [0.1, 0.15) is 0 Å². The first-order valence-corrected chi connectivity index (χ1v) is 6.79. The highest BCUT2D eigenvalue weighted by Crippen LogP contribution is 2.20. The van der Waals surface area contributed by atoms with E-state index in [1.807, 2.05) is 11.6 Å². The maximum Gasteiger partial charge on any atom is 0.222 e. The largest absolute Gasteiger partial charge is 0.396 e. The van der Waals surface area contributed by atoms with E-state index in [-0.39, 0.29) is 5.91 Å². The maximum atomic E-state index is 11.6. The van der Waals surface area contributed by atoms with Crippen molar-refractivity contribution in [3.05, 3.63) is 11.4 Å². The molecule has 0 atom stereocenters. The standard InChI is InChI=1S/C13H22N4O/c1-3-10-13(14)11(4-2)17(16-10)8-7-12(18)15-9-5-6-9/h9H,3-8,14H2,1-2H3,(H,15,18). The van der Waals surface area contributed by atoms with Gasteiger partial charge in [-0.2, -0.15) is 5.10 Å². The van der Waals surface area contributed by atoms with Crippen molar-refractivity contribution in [3.8, 4) is 0 Å². The number of anilines is 1. The van der Waals surface area contributed by atoms with Crippen molar-refractivity contribution >= 4 is 11.6 Å². The molecule has 0 bridgehead atoms. The summed E-state index contributed by atoms with van der Waals surface area (Å²) in [5.74, 6) is 0.117. The molecule has 0 spiro atoms. The number of amides is 1. The summed E-state index contributed by atoms with van der Waals surface area (Å²) in [4.78, 5) is 11.6. The number of carbonyl (C=O) groups is 1. The van der Waals surface area contributed by atoms with Crippen molar-refractivity contribution in [2.45, 2.75) is 58.5 Å². The molecule has 0 unspecified atom stereocenters. The minimum atomic E-state index is 0.117. The summed E-state index contributed by atoms with van der Waals surface area (Å²) in [6, 6.07) is 0.428. The lowest BCUT2D eigenvalue weighted by atomic mass is 10.2. The van der Waals surface area contributed by atoms with Crippen LogP contribution in [0.25, 0.3) is 0 Å². The van der Waals surface area contributed by atoms with Crippen LogP contribution in [-0.2, 0) is 24.2 Å². The second kappa shape index (κ2) is 5.42. The molecule has 2 rings (SSSR count). The minimum Gasteiger partial charge on any atom is -0.396 e. The lowest BCUT2D eigenvalue weighted by Crippen LogP contribution is -2.26. The van der Waals surface area contributed by atoms with Crippen molar-refractivity contribution < 1.29 is 4.79 Å². The number of nitrogens with one attached hydrogen (secondary N) is 1. The molecule has 1 aromatic heterocycles. The topological polar surface area (TPSA) is 72.9 Å². The Labute approximate surface area is 108 Å². The fourth-order valence-electron chi connectivity index (χ4n) is 2.12. The van der Waals surface area contributed by atoms with Crippen molar-refractivity contribution in [2.24, 2.45) is 0 Å². The van der Waals surface area contributed by atoms with Crippen LogP contribution >= 0.6 is 0 Å². The third-order valence-corrected chi connectivity index (χ3v) is 3.34. The van der Waals surface area contributed by atoms with Crippen molar-refractivity contribution in [2.75, 3.05) is 5.73 Å². The first kappa shape index (κ1) is 12.9. The molecule has 1 saturated carbocycles. The number of hydrogen-bond donors (Lipinski definition) is 2. The summed E-state index contributed by atoms with van der Waals surface area (Å²) in [7, 11) is 0. The van der Waals surface area contributed by atoms with Gasteiger partial charge >= 0.3 is 0 Å². The number of rotatable bonds is 6. The van der Waals surface area contributed by atoms with Gasteiger partial charge in [-0.05, 0) is 25.7 Å². The van der Waals surface area contributed by atoms with Gasteiger partial charge in [-0.3, -0.25) is 9.48 Å². The van der Waals surface area contributed by atoms with Gasteiger partial charge in [0.05, 0.1) is 23.6 Å². The van der Waals surface area contributed by atoms with Crippen LogP contribution in [0.15, 0.2) is 0 Å². The lowest BCUT2D eigenvalue weighted by Gasteiger charge is -2.06. The van der Waals surface area contributed by atoms with E-state index < -0.39 is 0 Å². The van der Waals surface area contributed by atoms with Crippen LogP contribution in [0.3, 0.4) is 0 Å². The molecule has 0 radical (unpaired) electrons. The van der Waals surface area contributed by atoms with E-state index in [0.717, 1.165) is 42.8 Å². The van der Waals surface area contributed by atoms with E-state index in [2.05, 4.69) is 17.3 Å². The Hall–Kier alpha value is -1.52. The van der Waals surface area contributed by atoms with Crippen LogP contribution in [0.5, 0.6) is 0 Å². The van der Waals surface area contributed by atoms with Crippen LogP contribution in [0.4, 0.5) is 5.69 Å². The summed E-state index contributed by atoms with van der Waals surface area (Å²) >= 11 is 0. The number of nitrogens with zero attached hydrogens (tertiary/aromatic N) is 2. The molecule has 18 heavy (non-hydrogen) atoms. The van der Waals surface area contributed by atoms with Crippen LogP contribution in [0, 0.1) is 0 Å². The van der Waals surface area contributed by atoms with E-state index in [1.165, 1.54) is 0 Å². The Morgan fingerprint density at radius 1 is 1.44 bits per heavy atom. The van der Waals surface area contributed by atoms with Gasteiger partial charge in [0.15, 0.2) is 0 Å². The Morgan fingerprint density at radius 2 is 2.17 bits per heavy atom. The highest BCUT2D eigenvalue weighted by molar-refractivity contribution is 5.76. The number of hydrogen-bond acceptors (Lipinski definition) is 3. The smallest absolute Gasteiger partial charge is 0.222 e. The Kier molecular flexibility index (Phi) is 3.89. The predicted octanol–water partition coefficient (Wildman–Crippen LogP) is 1.26. The van der Waals surface area contributed by atoms with Crippen molar-refractivity contribution in [1.29, 1.82) is 0 Å². The molecule has 1 heterocycles. The summed E-state index contributed by atoms with van der Waals surface area (Å²) in [6.45, 7) is 4.72. The first-order valence-electron chi connectivity index (χ1n) is 6.79. The molecule has 100 valence electrons. The number of aryl methyl sites for hydroxylation is 2. The van der Waals surface area contributed by atoms with Gasteiger partial charge < -0.3 is 11.1 Å². The van der Waals surface area contributed by atoms with E-state index in [1.54, 1.807) is 0 Å². The Morgan fingerprint density at radius 3 is 2.72 bits per heavy atom. The molecular formula is C13H22N4O. The van der Waals surface area contributed by atoms with Gasteiger partial charge in [-0.1, -0.05) is 13.8 Å². The third-order valence-electron chi connectivity index (χ3n) is 3.34. The zero-order valence-electron chi connectivity index (χ0n) is 11.2. The molecule has 1 aliphatic rings. The molecule has 5 heteroatoms. The number of nitrogen functional groups attached to an aromatic ring is 1. The normalized spacial score (nSPS) is 14.8. The van der Waals surface area contributed by atoms with Crippen LogP contribution in [0.1, 0.15) is 44.5 Å². The first-order chi connectivity index (χ1) is 8.65. The van der Waals surface area contributed by atoms with E-state index in [0.29, 0.717) is 19.0 Å². The summed E-state index contributed by atoms with van der Waals surface area (Å²) in [5.41, 5.74) is 8.82. The fourth-order valence-corrected chi connectivity index (χ4v) is 2.12. The summed E-state index contributed by atoms with van der Waals surface area (Å²) in [6.07, 6.45) is 4.41. The molecule has 1 fully saturated rings. The Balaban J connectivity index is 1.96. The molecule has 0 aliphatic heterocycles. The van der Waals surface area contributed by atoms with Crippen molar-refractivity contribution in [1.82, 2.24) is 15.1 Å². The second-order valence-corrected chi connectivity index (χ2v) is 4.83. The highest BCUT2D eigenvalue weighted by Gasteiger charge is 2.23. The van der Waals surface area contributed by atoms with Crippen molar-refractivity contribution in [3.63, 3.8) is 0 Å². The van der Waals surface area contributed by atoms with Gasteiger partial charge in [0, 0.05) is 12.5 Å². The molecule has 0 saturated heterocycles. The molecule has 0 aromatic carbocycles. The minimum absolute atomic E-state index is 0.117. The monoisotopic (exact) mass is 250 g/mol. The SMILES string of the molecule is CCc1nn(CCC(=O)NC2CC2)c(CC)c1N. The molecule has 1 amide bonds. The summed E-state index contributed by atoms with van der Waals surface area (Å²) < 4.78 is 1.89.